The van der Waals surface area contributed by atoms with Gasteiger partial charge in [-0.15, -0.1) is 10.2 Å². The number of halogens is 2. The van der Waals surface area contributed by atoms with E-state index in [1.807, 2.05) is 31.2 Å². The lowest BCUT2D eigenvalue weighted by Gasteiger charge is -2.06. The number of nitrogens with one attached hydrogen (secondary N) is 1. The molecule has 25 heavy (non-hydrogen) atoms. The highest BCUT2D eigenvalue weighted by Crippen LogP contribution is 2.27. The minimum Gasteiger partial charge on any atom is -0.411 e. The second kappa shape index (κ2) is 7.91. The van der Waals surface area contributed by atoms with Crippen molar-refractivity contribution < 1.29 is 9.21 Å². The van der Waals surface area contributed by atoms with E-state index in [1.165, 1.54) is 0 Å². The van der Waals surface area contributed by atoms with Crippen LogP contribution in [0.2, 0.25) is 10.0 Å². The van der Waals surface area contributed by atoms with Crippen LogP contribution in [0.1, 0.15) is 5.56 Å². The number of rotatable bonds is 5. The maximum Gasteiger partial charge on any atom is 0.277 e. The van der Waals surface area contributed by atoms with Crippen molar-refractivity contribution in [1.29, 1.82) is 0 Å². The van der Waals surface area contributed by atoms with Crippen LogP contribution in [0.3, 0.4) is 0 Å². The number of amides is 1. The number of aromatic nitrogens is 2. The monoisotopic (exact) mass is 393 g/mol. The van der Waals surface area contributed by atoms with Gasteiger partial charge in [0.15, 0.2) is 0 Å². The van der Waals surface area contributed by atoms with Crippen LogP contribution < -0.4 is 5.32 Å². The summed E-state index contributed by atoms with van der Waals surface area (Å²) >= 11 is 13.1. The number of benzene rings is 2. The Kier molecular flexibility index (Phi) is 5.63. The SMILES string of the molecule is Cc1ccccc1-c1nnc(SCC(=O)Nc2cc(Cl)ccc2Cl)o1. The Labute approximate surface area is 158 Å². The molecule has 2 aromatic carbocycles. The summed E-state index contributed by atoms with van der Waals surface area (Å²) in [5.41, 5.74) is 2.37. The lowest BCUT2D eigenvalue weighted by molar-refractivity contribution is -0.113. The number of carbonyl (C=O) groups is 1. The molecule has 0 aliphatic carbocycles. The number of anilines is 1. The van der Waals surface area contributed by atoms with Crippen LogP contribution in [0.25, 0.3) is 11.5 Å². The highest BCUT2D eigenvalue weighted by Gasteiger charge is 2.13. The molecule has 5 nitrogen and oxygen atoms in total. The van der Waals surface area contributed by atoms with E-state index in [2.05, 4.69) is 15.5 Å². The fraction of sp³-hybridized carbons (Fsp3) is 0.118. The van der Waals surface area contributed by atoms with Gasteiger partial charge in [-0.3, -0.25) is 4.79 Å². The van der Waals surface area contributed by atoms with Gasteiger partial charge in [0.1, 0.15) is 0 Å². The molecule has 8 heteroatoms. The van der Waals surface area contributed by atoms with Gasteiger partial charge in [-0.2, -0.15) is 0 Å². The zero-order valence-corrected chi connectivity index (χ0v) is 15.5. The topological polar surface area (TPSA) is 68.0 Å². The minimum atomic E-state index is -0.246. The first-order chi connectivity index (χ1) is 12.0. The summed E-state index contributed by atoms with van der Waals surface area (Å²) in [4.78, 5) is 12.1. The molecule has 0 unspecified atom stereocenters. The molecule has 0 aliphatic rings. The van der Waals surface area contributed by atoms with E-state index in [0.29, 0.717) is 26.8 Å². The van der Waals surface area contributed by atoms with E-state index in [0.717, 1.165) is 22.9 Å². The second-order valence-electron chi connectivity index (χ2n) is 5.15. The van der Waals surface area contributed by atoms with E-state index in [4.69, 9.17) is 27.6 Å². The van der Waals surface area contributed by atoms with Crippen molar-refractivity contribution >= 4 is 46.6 Å². The van der Waals surface area contributed by atoms with Gasteiger partial charge in [-0.05, 0) is 36.8 Å². The number of carbonyl (C=O) groups excluding carboxylic acids is 1. The number of thioether (sulfide) groups is 1. The summed E-state index contributed by atoms with van der Waals surface area (Å²) in [6, 6.07) is 12.6. The van der Waals surface area contributed by atoms with Crippen molar-refractivity contribution in [2.24, 2.45) is 0 Å². The lowest BCUT2D eigenvalue weighted by Crippen LogP contribution is -2.14. The van der Waals surface area contributed by atoms with Crippen LogP contribution in [0.15, 0.2) is 52.1 Å². The number of nitrogens with zero attached hydrogens (tertiary/aromatic N) is 2. The van der Waals surface area contributed by atoms with E-state index < -0.39 is 0 Å². The van der Waals surface area contributed by atoms with Gasteiger partial charge in [0, 0.05) is 10.6 Å². The van der Waals surface area contributed by atoms with Gasteiger partial charge in [0.2, 0.25) is 11.8 Å². The Morgan fingerprint density at radius 2 is 2.00 bits per heavy atom. The summed E-state index contributed by atoms with van der Waals surface area (Å²) in [5, 5.41) is 11.9. The molecule has 0 radical (unpaired) electrons. The lowest BCUT2D eigenvalue weighted by atomic mass is 10.1. The Bertz CT molecular complexity index is 914. The van der Waals surface area contributed by atoms with Crippen molar-refractivity contribution in [3.05, 3.63) is 58.1 Å². The van der Waals surface area contributed by atoms with E-state index >= 15 is 0 Å². The van der Waals surface area contributed by atoms with Crippen molar-refractivity contribution in [2.75, 3.05) is 11.1 Å². The summed E-state index contributed by atoms with van der Waals surface area (Å²) < 4.78 is 5.61. The molecule has 0 spiro atoms. The van der Waals surface area contributed by atoms with Gasteiger partial charge in [0.05, 0.1) is 16.5 Å². The molecule has 0 fully saturated rings. The maximum absolute atomic E-state index is 12.1. The molecule has 3 aromatic rings. The molecule has 0 saturated carbocycles. The van der Waals surface area contributed by atoms with Crippen LogP contribution in [0.5, 0.6) is 0 Å². The number of hydrogen-bond donors (Lipinski definition) is 1. The third kappa shape index (κ3) is 4.54. The zero-order valence-electron chi connectivity index (χ0n) is 13.1. The molecule has 1 amide bonds. The smallest absolute Gasteiger partial charge is 0.277 e. The van der Waals surface area contributed by atoms with Crippen LogP contribution in [0.4, 0.5) is 5.69 Å². The quantitative estimate of drug-likeness (QED) is 0.611. The van der Waals surface area contributed by atoms with Gasteiger partial charge >= 0.3 is 0 Å². The summed E-state index contributed by atoms with van der Waals surface area (Å²) in [6.45, 7) is 1.97. The zero-order chi connectivity index (χ0) is 17.8. The predicted molar refractivity (Wildman–Crippen MR) is 100 cm³/mol. The van der Waals surface area contributed by atoms with E-state index in [1.54, 1.807) is 18.2 Å². The highest BCUT2D eigenvalue weighted by molar-refractivity contribution is 7.99. The normalized spacial score (nSPS) is 10.7. The van der Waals surface area contributed by atoms with Gasteiger partial charge in [-0.25, -0.2) is 0 Å². The van der Waals surface area contributed by atoms with Gasteiger partial charge in [0.25, 0.3) is 5.22 Å². The summed E-state index contributed by atoms with van der Waals surface area (Å²) in [7, 11) is 0. The van der Waals surface area contributed by atoms with Crippen LogP contribution in [0, 0.1) is 6.92 Å². The van der Waals surface area contributed by atoms with Gasteiger partial charge < -0.3 is 9.73 Å². The first kappa shape index (κ1) is 17.8. The number of aryl methyl sites for hydroxylation is 1. The first-order valence-electron chi connectivity index (χ1n) is 7.30. The Hall–Kier alpha value is -2.02. The van der Waals surface area contributed by atoms with Gasteiger partial charge in [-0.1, -0.05) is 53.2 Å². The van der Waals surface area contributed by atoms with E-state index in [9.17, 15) is 4.79 Å². The third-order valence-electron chi connectivity index (χ3n) is 3.31. The number of hydrogen-bond acceptors (Lipinski definition) is 5. The second-order valence-corrected chi connectivity index (χ2v) is 6.92. The average molecular weight is 394 g/mol. The van der Waals surface area contributed by atoms with E-state index in [-0.39, 0.29) is 11.7 Å². The average Bonchev–Trinajstić information content (AvgIpc) is 3.05. The Morgan fingerprint density at radius 1 is 1.20 bits per heavy atom. The molecule has 1 N–H and O–H groups in total. The largest absolute Gasteiger partial charge is 0.411 e. The molecule has 1 heterocycles. The molecular formula is C17H13Cl2N3O2S. The molecular weight excluding hydrogens is 381 g/mol. The fourth-order valence-electron chi connectivity index (χ4n) is 2.10. The molecule has 0 saturated heterocycles. The molecule has 0 aliphatic heterocycles. The third-order valence-corrected chi connectivity index (χ3v) is 4.69. The van der Waals surface area contributed by atoms with Crippen LogP contribution in [-0.2, 0) is 4.79 Å². The summed E-state index contributed by atoms with van der Waals surface area (Å²) in [5.74, 6) is 0.293. The molecule has 0 bridgehead atoms. The van der Waals surface area contributed by atoms with Crippen LogP contribution in [-0.4, -0.2) is 21.9 Å². The predicted octanol–water partition coefficient (Wildman–Crippen LogP) is 5.08. The highest BCUT2D eigenvalue weighted by atomic mass is 35.5. The molecule has 3 rings (SSSR count). The van der Waals surface area contributed by atoms with Crippen LogP contribution >= 0.6 is 35.0 Å². The molecule has 1 aromatic heterocycles. The molecule has 128 valence electrons. The van der Waals surface area contributed by atoms with Crippen molar-refractivity contribution in [2.45, 2.75) is 12.1 Å². The van der Waals surface area contributed by atoms with Crippen molar-refractivity contribution in [3.63, 3.8) is 0 Å². The maximum atomic E-state index is 12.1. The fourth-order valence-corrected chi connectivity index (χ4v) is 3.00. The molecule has 0 atom stereocenters. The first-order valence-corrected chi connectivity index (χ1v) is 9.04. The summed E-state index contributed by atoms with van der Waals surface area (Å²) in [6.07, 6.45) is 0. The minimum absolute atomic E-state index is 0.109. The standard InChI is InChI=1S/C17H13Cl2N3O2S/c1-10-4-2-3-5-12(10)16-21-22-17(24-16)25-9-15(23)20-14-8-11(18)6-7-13(14)19/h2-8H,9H2,1H3,(H,20,23). The Balaban J connectivity index is 1.61. The van der Waals surface area contributed by atoms with Crippen molar-refractivity contribution in [3.8, 4) is 11.5 Å². The Morgan fingerprint density at radius 3 is 2.80 bits per heavy atom. The van der Waals surface area contributed by atoms with Crippen molar-refractivity contribution in [1.82, 2.24) is 10.2 Å².